The van der Waals surface area contributed by atoms with Crippen LogP contribution in [0.2, 0.25) is 5.02 Å². The number of halogens is 1. The molecule has 14 heavy (non-hydrogen) atoms. The molecular formula is C7H8ClN3O3. The van der Waals surface area contributed by atoms with E-state index in [1.54, 1.807) is 0 Å². The Kier molecular flexibility index (Phi) is 4.51. The van der Waals surface area contributed by atoms with E-state index in [4.69, 9.17) is 11.6 Å². The summed E-state index contributed by atoms with van der Waals surface area (Å²) in [5.74, 6) is 0.0890. The zero-order valence-electron chi connectivity index (χ0n) is 6.23. The molecule has 1 N–H and O–H groups in total. The number of anilines is 1. The van der Waals surface area contributed by atoms with Crippen LogP contribution in [-0.4, -0.2) is 16.3 Å². The smallest absolute Gasteiger partial charge is 0.293 e. The van der Waals surface area contributed by atoms with Crippen LogP contribution in [0.5, 0.6) is 0 Å². The van der Waals surface area contributed by atoms with Crippen molar-refractivity contribution in [3.63, 3.8) is 0 Å². The monoisotopic (exact) mass is 217 g/mol. The van der Waals surface area contributed by atoms with Gasteiger partial charge in [-0.25, -0.2) is 4.98 Å². The Labute approximate surface area is 85.1 Å². The highest BCUT2D eigenvalue weighted by atomic mass is 35.5. The van der Waals surface area contributed by atoms with Gasteiger partial charge < -0.3 is 5.32 Å². The summed E-state index contributed by atoms with van der Waals surface area (Å²) in [4.78, 5) is 23.3. The molecule has 1 amide bonds. The number of pyridine rings is 1. The van der Waals surface area contributed by atoms with Gasteiger partial charge in [0.05, 0.1) is 17.2 Å². The van der Waals surface area contributed by atoms with Gasteiger partial charge in [-0.3, -0.25) is 14.9 Å². The van der Waals surface area contributed by atoms with Gasteiger partial charge in [0.25, 0.3) is 5.69 Å². The van der Waals surface area contributed by atoms with Crippen LogP contribution in [0.25, 0.3) is 0 Å². The number of nitrogens with zero attached hydrogens (tertiary/aromatic N) is 2. The van der Waals surface area contributed by atoms with E-state index < -0.39 is 4.92 Å². The number of aromatic nitrogens is 1. The lowest BCUT2D eigenvalue weighted by Crippen LogP contribution is -1.98. The van der Waals surface area contributed by atoms with Gasteiger partial charge in [0.1, 0.15) is 10.8 Å². The van der Waals surface area contributed by atoms with E-state index in [0.29, 0.717) is 6.41 Å². The standard InChI is InChI=1S/C6H4ClN3O3.CH4/c7-4-2-8-6(9-3-11)1-5(4)10(12)13;/h1-3H,(H,8,9,11);1H4. The van der Waals surface area contributed by atoms with E-state index in [0.717, 1.165) is 12.3 Å². The molecule has 0 saturated heterocycles. The summed E-state index contributed by atoms with van der Waals surface area (Å²) in [6.07, 6.45) is 1.48. The summed E-state index contributed by atoms with van der Waals surface area (Å²) in [5, 5.41) is 12.5. The molecule has 0 radical (unpaired) electrons. The maximum Gasteiger partial charge on any atom is 0.293 e. The molecule has 0 aliphatic carbocycles. The maximum absolute atomic E-state index is 10.4. The second-order valence-electron chi connectivity index (χ2n) is 2.04. The van der Waals surface area contributed by atoms with Gasteiger partial charge in [0.2, 0.25) is 6.41 Å². The van der Waals surface area contributed by atoms with E-state index >= 15 is 0 Å². The molecule has 1 aromatic heterocycles. The van der Waals surface area contributed by atoms with Gasteiger partial charge in [-0.05, 0) is 0 Å². The van der Waals surface area contributed by atoms with Crippen molar-refractivity contribution in [2.45, 2.75) is 7.43 Å². The Morgan fingerprint density at radius 1 is 1.64 bits per heavy atom. The summed E-state index contributed by atoms with van der Waals surface area (Å²) in [5.41, 5.74) is -0.291. The van der Waals surface area contributed by atoms with Crippen LogP contribution in [0, 0.1) is 10.1 Å². The highest BCUT2D eigenvalue weighted by Gasteiger charge is 2.13. The highest BCUT2D eigenvalue weighted by Crippen LogP contribution is 2.24. The summed E-state index contributed by atoms with van der Waals surface area (Å²) in [6.45, 7) is 0. The van der Waals surface area contributed by atoms with E-state index in [2.05, 4.69) is 10.3 Å². The van der Waals surface area contributed by atoms with Crippen LogP contribution in [0.4, 0.5) is 11.5 Å². The first-order valence-electron chi connectivity index (χ1n) is 3.15. The largest absolute Gasteiger partial charge is 0.313 e. The molecule has 0 aliphatic rings. The molecule has 0 aromatic carbocycles. The van der Waals surface area contributed by atoms with E-state index in [-0.39, 0.29) is 24.0 Å². The summed E-state index contributed by atoms with van der Waals surface area (Å²) in [7, 11) is 0. The van der Waals surface area contributed by atoms with Crippen LogP contribution in [0.15, 0.2) is 12.3 Å². The molecule has 0 atom stereocenters. The fourth-order valence-corrected chi connectivity index (χ4v) is 0.880. The Morgan fingerprint density at radius 3 is 2.79 bits per heavy atom. The number of rotatable bonds is 3. The Hall–Kier alpha value is -1.69. The zero-order valence-corrected chi connectivity index (χ0v) is 6.99. The fourth-order valence-electron chi connectivity index (χ4n) is 0.707. The Morgan fingerprint density at radius 2 is 2.29 bits per heavy atom. The Balaban J connectivity index is 0.00000169. The lowest BCUT2D eigenvalue weighted by molar-refractivity contribution is -0.384. The molecule has 0 saturated carbocycles. The zero-order chi connectivity index (χ0) is 9.84. The molecule has 1 aromatic rings. The van der Waals surface area contributed by atoms with Gasteiger partial charge >= 0.3 is 0 Å². The van der Waals surface area contributed by atoms with E-state index in [1.165, 1.54) is 0 Å². The second-order valence-corrected chi connectivity index (χ2v) is 2.45. The van der Waals surface area contributed by atoms with Crippen molar-refractivity contribution in [1.82, 2.24) is 4.98 Å². The third-order valence-electron chi connectivity index (χ3n) is 1.24. The molecule has 0 unspecified atom stereocenters. The molecule has 0 fully saturated rings. The van der Waals surface area contributed by atoms with Crippen molar-refractivity contribution in [2.75, 3.05) is 5.32 Å². The number of amides is 1. The average Bonchev–Trinajstić information content (AvgIpc) is 2.08. The lowest BCUT2D eigenvalue weighted by Gasteiger charge is -1.97. The van der Waals surface area contributed by atoms with Crippen LogP contribution < -0.4 is 5.32 Å². The maximum atomic E-state index is 10.4. The van der Waals surface area contributed by atoms with Crippen molar-refractivity contribution in [2.24, 2.45) is 0 Å². The van der Waals surface area contributed by atoms with Crippen molar-refractivity contribution in [3.8, 4) is 0 Å². The van der Waals surface area contributed by atoms with E-state index in [9.17, 15) is 14.9 Å². The first kappa shape index (κ1) is 12.3. The van der Waals surface area contributed by atoms with Crippen molar-refractivity contribution in [1.29, 1.82) is 0 Å². The summed E-state index contributed by atoms with van der Waals surface area (Å²) >= 11 is 5.47. The predicted molar refractivity (Wildman–Crippen MR) is 52.3 cm³/mol. The molecular weight excluding hydrogens is 210 g/mol. The highest BCUT2D eigenvalue weighted by molar-refractivity contribution is 6.32. The first-order valence-corrected chi connectivity index (χ1v) is 3.53. The van der Waals surface area contributed by atoms with Gasteiger partial charge in [0, 0.05) is 0 Å². The van der Waals surface area contributed by atoms with Gasteiger partial charge in [-0.2, -0.15) is 0 Å². The van der Waals surface area contributed by atoms with Crippen LogP contribution in [-0.2, 0) is 4.79 Å². The van der Waals surface area contributed by atoms with E-state index in [1.807, 2.05) is 0 Å². The van der Waals surface area contributed by atoms with Crippen molar-refractivity contribution < 1.29 is 9.72 Å². The molecule has 0 aliphatic heterocycles. The lowest BCUT2D eigenvalue weighted by atomic mass is 10.4. The van der Waals surface area contributed by atoms with Gasteiger partial charge in [-0.15, -0.1) is 0 Å². The summed E-state index contributed by atoms with van der Waals surface area (Å²) < 4.78 is 0. The third-order valence-corrected chi connectivity index (χ3v) is 1.53. The SMILES string of the molecule is C.O=CNc1cc([N+](=O)[O-])c(Cl)cn1. The second kappa shape index (κ2) is 5.13. The minimum Gasteiger partial charge on any atom is -0.313 e. The molecule has 0 bridgehead atoms. The van der Waals surface area contributed by atoms with Crippen LogP contribution >= 0.6 is 11.6 Å². The molecule has 1 heterocycles. The number of carbonyl (C=O) groups excluding carboxylic acids is 1. The Bertz CT molecular complexity index is 356. The first-order chi connectivity index (χ1) is 6.15. The van der Waals surface area contributed by atoms with Crippen molar-refractivity contribution >= 4 is 29.5 Å². The quantitative estimate of drug-likeness (QED) is 0.476. The fraction of sp³-hybridized carbons (Fsp3) is 0.143. The number of hydrogen-bond acceptors (Lipinski definition) is 4. The molecule has 0 spiro atoms. The number of carbonyl (C=O) groups is 1. The molecule has 76 valence electrons. The number of hydrogen-bond donors (Lipinski definition) is 1. The van der Waals surface area contributed by atoms with Crippen LogP contribution in [0.3, 0.4) is 0 Å². The molecule has 1 rings (SSSR count). The van der Waals surface area contributed by atoms with Crippen molar-refractivity contribution in [3.05, 3.63) is 27.4 Å². The minimum absolute atomic E-state index is 0. The predicted octanol–water partition coefficient (Wildman–Crippen LogP) is 1.85. The topological polar surface area (TPSA) is 85.1 Å². The molecule has 7 heteroatoms. The average molecular weight is 218 g/mol. The summed E-state index contributed by atoms with van der Waals surface area (Å²) in [6, 6.07) is 1.08. The van der Waals surface area contributed by atoms with Gasteiger partial charge in [0.15, 0.2) is 0 Å². The van der Waals surface area contributed by atoms with Gasteiger partial charge in [-0.1, -0.05) is 19.0 Å². The minimum atomic E-state index is -0.653. The molecule has 6 nitrogen and oxygen atoms in total. The normalized spacial score (nSPS) is 8.64. The van der Waals surface area contributed by atoms with Crippen LogP contribution in [0.1, 0.15) is 7.43 Å². The number of nitrogens with one attached hydrogen (secondary N) is 1. The number of nitro groups is 1. The third kappa shape index (κ3) is 2.67.